The first-order valence-corrected chi connectivity index (χ1v) is 11.1. The van der Waals surface area contributed by atoms with Crippen molar-refractivity contribution in [1.29, 1.82) is 0 Å². The number of pyridine rings is 1. The predicted molar refractivity (Wildman–Crippen MR) is 123 cm³/mol. The highest BCUT2D eigenvalue weighted by Crippen LogP contribution is 2.38. The molecule has 0 unspecified atom stereocenters. The van der Waals surface area contributed by atoms with Gasteiger partial charge in [0.1, 0.15) is 23.4 Å². The molecule has 1 amide bonds. The Morgan fingerprint density at radius 1 is 1.35 bits per heavy atom. The summed E-state index contributed by atoms with van der Waals surface area (Å²) in [4.78, 5) is 20.2. The van der Waals surface area contributed by atoms with Crippen LogP contribution in [0.15, 0.2) is 55.1 Å². The number of rotatable bonds is 6. The number of carbonyl (C=O) groups excluding carboxylic acids is 1. The smallest absolute Gasteiger partial charge is 0.243 e. The Morgan fingerprint density at radius 2 is 2.19 bits per heavy atom. The lowest BCUT2D eigenvalue weighted by molar-refractivity contribution is -0.122. The number of carbonyl (C=O) groups is 1. The molecule has 1 aliphatic rings. The SMILES string of the molecule is C=CCNC(=O)[C@@H]1CCCN1c1cc(-c2ccc(Cl)s2)cc(-c2cc(F)ccc2O)n1. The number of aromatic hydroxyl groups is 1. The molecule has 1 atom stereocenters. The molecule has 4 rings (SSSR count). The van der Waals surface area contributed by atoms with Crippen molar-refractivity contribution in [2.45, 2.75) is 18.9 Å². The fourth-order valence-electron chi connectivity index (χ4n) is 3.73. The molecule has 8 heteroatoms. The molecule has 0 saturated carbocycles. The van der Waals surface area contributed by atoms with Crippen molar-refractivity contribution in [2.24, 2.45) is 0 Å². The number of nitrogens with zero attached hydrogens (tertiary/aromatic N) is 2. The predicted octanol–water partition coefficient (Wildman–Crippen LogP) is 5.25. The van der Waals surface area contributed by atoms with E-state index in [0.29, 0.717) is 35.4 Å². The van der Waals surface area contributed by atoms with Crippen molar-refractivity contribution in [1.82, 2.24) is 10.3 Å². The molecular weight excluding hydrogens is 437 g/mol. The van der Waals surface area contributed by atoms with E-state index in [1.165, 1.54) is 29.5 Å². The van der Waals surface area contributed by atoms with Crippen molar-refractivity contribution in [3.8, 4) is 27.4 Å². The molecule has 31 heavy (non-hydrogen) atoms. The third kappa shape index (κ3) is 4.57. The minimum atomic E-state index is -0.469. The number of benzene rings is 1. The number of phenolic OH excluding ortho intramolecular Hbond substituents is 1. The van der Waals surface area contributed by atoms with Crippen LogP contribution in [-0.2, 0) is 4.79 Å². The second-order valence-electron chi connectivity index (χ2n) is 7.25. The Morgan fingerprint density at radius 3 is 2.94 bits per heavy atom. The molecular formula is C23H21ClFN3O2S. The second-order valence-corrected chi connectivity index (χ2v) is 8.96. The zero-order valence-electron chi connectivity index (χ0n) is 16.6. The van der Waals surface area contributed by atoms with Crippen molar-refractivity contribution in [2.75, 3.05) is 18.0 Å². The molecule has 160 valence electrons. The van der Waals surface area contributed by atoms with Gasteiger partial charge in [0.15, 0.2) is 0 Å². The van der Waals surface area contributed by atoms with Gasteiger partial charge in [0.25, 0.3) is 0 Å². The Kier molecular flexibility index (Phi) is 6.25. The van der Waals surface area contributed by atoms with Gasteiger partial charge in [-0.25, -0.2) is 9.37 Å². The summed E-state index contributed by atoms with van der Waals surface area (Å²) in [6.45, 7) is 4.70. The molecule has 2 aromatic heterocycles. The lowest BCUT2D eigenvalue weighted by atomic mass is 10.1. The number of halogens is 2. The number of nitrogens with one attached hydrogen (secondary N) is 1. The zero-order valence-corrected chi connectivity index (χ0v) is 18.2. The van der Waals surface area contributed by atoms with Crippen LogP contribution in [0.2, 0.25) is 4.34 Å². The maximum absolute atomic E-state index is 13.9. The number of aromatic nitrogens is 1. The number of thiophene rings is 1. The molecule has 3 aromatic rings. The van der Waals surface area contributed by atoms with Crippen molar-refractivity contribution >= 4 is 34.7 Å². The van der Waals surface area contributed by atoms with Gasteiger partial charge in [-0.15, -0.1) is 17.9 Å². The molecule has 5 nitrogen and oxygen atoms in total. The van der Waals surface area contributed by atoms with E-state index in [4.69, 9.17) is 16.6 Å². The maximum atomic E-state index is 13.9. The third-order valence-electron chi connectivity index (χ3n) is 5.17. The average Bonchev–Trinajstić information content (AvgIpc) is 3.43. The number of phenols is 1. The van der Waals surface area contributed by atoms with Crippen LogP contribution < -0.4 is 10.2 Å². The number of hydrogen-bond acceptors (Lipinski definition) is 5. The van der Waals surface area contributed by atoms with E-state index in [1.54, 1.807) is 12.1 Å². The van der Waals surface area contributed by atoms with Gasteiger partial charge >= 0.3 is 0 Å². The molecule has 1 fully saturated rings. The Hall–Kier alpha value is -2.90. The minimum absolute atomic E-state index is 0.0668. The van der Waals surface area contributed by atoms with Gasteiger partial charge in [0, 0.05) is 23.5 Å². The summed E-state index contributed by atoms with van der Waals surface area (Å²) in [6.07, 6.45) is 3.20. The summed E-state index contributed by atoms with van der Waals surface area (Å²) >= 11 is 7.55. The Balaban J connectivity index is 1.81. The molecule has 0 radical (unpaired) electrons. The summed E-state index contributed by atoms with van der Waals surface area (Å²) in [5.74, 6) is -0.0256. The van der Waals surface area contributed by atoms with Gasteiger partial charge in [-0.3, -0.25) is 4.79 Å². The van der Waals surface area contributed by atoms with Crippen molar-refractivity contribution in [3.63, 3.8) is 0 Å². The highest BCUT2D eigenvalue weighted by atomic mass is 35.5. The Bertz CT molecular complexity index is 1130. The molecule has 0 spiro atoms. The molecule has 0 bridgehead atoms. The fraction of sp³-hybridized carbons (Fsp3) is 0.217. The number of hydrogen-bond donors (Lipinski definition) is 2. The molecule has 1 saturated heterocycles. The van der Waals surface area contributed by atoms with E-state index in [9.17, 15) is 14.3 Å². The lowest BCUT2D eigenvalue weighted by Crippen LogP contribution is -2.43. The van der Waals surface area contributed by atoms with E-state index < -0.39 is 5.82 Å². The van der Waals surface area contributed by atoms with Crippen LogP contribution in [0, 0.1) is 5.82 Å². The molecule has 3 heterocycles. The minimum Gasteiger partial charge on any atom is -0.507 e. The highest BCUT2D eigenvalue weighted by molar-refractivity contribution is 7.19. The quantitative estimate of drug-likeness (QED) is 0.496. The summed E-state index contributed by atoms with van der Waals surface area (Å²) < 4.78 is 14.6. The summed E-state index contributed by atoms with van der Waals surface area (Å²) in [7, 11) is 0. The molecule has 0 aliphatic carbocycles. The largest absolute Gasteiger partial charge is 0.507 e. The van der Waals surface area contributed by atoms with Gasteiger partial charge < -0.3 is 15.3 Å². The third-order valence-corrected chi connectivity index (χ3v) is 6.45. The zero-order chi connectivity index (χ0) is 22.0. The van der Waals surface area contributed by atoms with E-state index in [-0.39, 0.29) is 23.3 Å². The normalized spacial score (nSPS) is 15.8. The number of anilines is 1. The van der Waals surface area contributed by atoms with E-state index in [0.717, 1.165) is 16.9 Å². The number of amides is 1. The highest BCUT2D eigenvalue weighted by Gasteiger charge is 2.32. The molecule has 1 aromatic carbocycles. The van der Waals surface area contributed by atoms with Gasteiger partial charge in [-0.1, -0.05) is 17.7 Å². The Labute approximate surface area is 188 Å². The maximum Gasteiger partial charge on any atom is 0.243 e. The van der Waals surface area contributed by atoms with Crippen LogP contribution in [-0.4, -0.2) is 35.1 Å². The van der Waals surface area contributed by atoms with Crippen LogP contribution in [0.1, 0.15) is 12.8 Å². The first kappa shape index (κ1) is 21.3. The second kappa shape index (κ2) is 9.08. The monoisotopic (exact) mass is 457 g/mol. The van der Waals surface area contributed by atoms with Crippen LogP contribution >= 0.6 is 22.9 Å². The van der Waals surface area contributed by atoms with E-state index in [2.05, 4.69) is 11.9 Å². The van der Waals surface area contributed by atoms with Gasteiger partial charge in [0.05, 0.1) is 10.0 Å². The van der Waals surface area contributed by atoms with Crippen LogP contribution in [0.4, 0.5) is 10.2 Å². The van der Waals surface area contributed by atoms with Gasteiger partial charge in [-0.05, 0) is 60.9 Å². The van der Waals surface area contributed by atoms with Crippen LogP contribution in [0.25, 0.3) is 21.7 Å². The van der Waals surface area contributed by atoms with Gasteiger partial charge in [0.2, 0.25) is 5.91 Å². The van der Waals surface area contributed by atoms with Gasteiger partial charge in [-0.2, -0.15) is 0 Å². The van der Waals surface area contributed by atoms with Crippen molar-refractivity contribution < 1.29 is 14.3 Å². The summed E-state index contributed by atoms with van der Waals surface area (Å²) in [5, 5.41) is 13.2. The lowest BCUT2D eigenvalue weighted by Gasteiger charge is -2.26. The summed E-state index contributed by atoms with van der Waals surface area (Å²) in [5.41, 5.74) is 1.54. The summed E-state index contributed by atoms with van der Waals surface area (Å²) in [6, 6.07) is 10.8. The average molecular weight is 458 g/mol. The topological polar surface area (TPSA) is 65.5 Å². The first-order valence-electron chi connectivity index (χ1n) is 9.88. The standard InChI is InChI=1S/C23H21ClFN3O2S/c1-2-9-26-23(30)18-4-3-10-28(18)22-12-14(20-7-8-21(24)31-20)11-17(27-22)16-13-15(25)5-6-19(16)29/h2,5-8,11-13,18,29H,1,3-4,9-10H2,(H,26,30)/t18-/m0/s1. The van der Waals surface area contributed by atoms with Crippen LogP contribution in [0.5, 0.6) is 5.75 Å². The first-order chi connectivity index (χ1) is 15.0. The van der Waals surface area contributed by atoms with E-state index in [1.807, 2.05) is 23.1 Å². The molecule has 1 aliphatic heterocycles. The van der Waals surface area contributed by atoms with E-state index >= 15 is 0 Å². The molecule has 2 N–H and O–H groups in total. The van der Waals surface area contributed by atoms with Crippen molar-refractivity contribution in [3.05, 3.63) is 65.3 Å². The van der Waals surface area contributed by atoms with Crippen LogP contribution in [0.3, 0.4) is 0 Å². The fourth-order valence-corrected chi connectivity index (χ4v) is 4.76.